The summed E-state index contributed by atoms with van der Waals surface area (Å²) >= 11 is 0. The van der Waals surface area contributed by atoms with E-state index in [0.29, 0.717) is 29.3 Å². The minimum absolute atomic E-state index is 0.0239. The van der Waals surface area contributed by atoms with Crippen LogP contribution in [0.3, 0.4) is 0 Å². The summed E-state index contributed by atoms with van der Waals surface area (Å²) in [4.78, 5) is 15.1. The highest BCUT2D eigenvalue weighted by atomic mass is 16.5. The van der Waals surface area contributed by atoms with E-state index in [1.807, 2.05) is 24.3 Å². The maximum Gasteiger partial charge on any atom is 0.164 e. The molecule has 4 bridgehead atoms. The molecule has 4 aliphatic carbocycles. The Hall–Kier alpha value is -5.09. The van der Waals surface area contributed by atoms with Gasteiger partial charge in [0.15, 0.2) is 17.5 Å². The van der Waals surface area contributed by atoms with Gasteiger partial charge in [-0.05, 0) is 79.0 Å². The summed E-state index contributed by atoms with van der Waals surface area (Å²) in [5.74, 6) is 7.08. The summed E-state index contributed by atoms with van der Waals surface area (Å²) in [6, 6.07) is 44.8. The monoisotopic (exact) mass is 609 g/mol. The van der Waals surface area contributed by atoms with Crippen molar-refractivity contribution in [2.45, 2.75) is 37.5 Å². The molecule has 47 heavy (non-hydrogen) atoms. The molecule has 4 heteroatoms. The Bertz CT molecular complexity index is 2100. The van der Waals surface area contributed by atoms with Gasteiger partial charge in [-0.3, -0.25) is 0 Å². The first-order chi connectivity index (χ1) is 23.2. The zero-order valence-electron chi connectivity index (χ0n) is 26.2. The second-order valence-electron chi connectivity index (χ2n) is 14.1. The van der Waals surface area contributed by atoms with Crippen LogP contribution >= 0.6 is 0 Å². The number of aromatic nitrogens is 3. The van der Waals surface area contributed by atoms with Crippen molar-refractivity contribution >= 4 is 0 Å². The number of benzene rings is 5. The van der Waals surface area contributed by atoms with Crippen LogP contribution in [0.5, 0.6) is 11.5 Å². The van der Waals surface area contributed by atoms with Gasteiger partial charge in [0.25, 0.3) is 0 Å². The van der Waals surface area contributed by atoms with Crippen LogP contribution < -0.4 is 4.74 Å². The van der Waals surface area contributed by atoms with Crippen LogP contribution in [0.4, 0.5) is 0 Å². The highest BCUT2D eigenvalue weighted by molar-refractivity contribution is 5.72. The molecule has 1 aromatic heterocycles. The van der Waals surface area contributed by atoms with Gasteiger partial charge < -0.3 is 4.74 Å². The Morgan fingerprint density at radius 1 is 0.426 bits per heavy atom. The molecule has 1 spiro atoms. The number of para-hydroxylation sites is 1. The lowest BCUT2D eigenvalue weighted by Gasteiger charge is -2.63. The van der Waals surface area contributed by atoms with Gasteiger partial charge in [0.2, 0.25) is 0 Å². The van der Waals surface area contributed by atoms with Crippen molar-refractivity contribution in [2.24, 2.45) is 23.7 Å². The van der Waals surface area contributed by atoms with E-state index in [9.17, 15) is 0 Å². The molecule has 0 N–H and O–H groups in total. The smallest absolute Gasteiger partial charge is 0.164 e. The second kappa shape index (κ2) is 10.5. The molecule has 228 valence electrons. The lowest BCUT2D eigenvalue weighted by Crippen LogP contribution is -2.56. The Morgan fingerprint density at radius 3 is 1.55 bits per heavy atom. The average Bonchev–Trinajstić information content (AvgIpc) is 3.13. The van der Waals surface area contributed by atoms with Crippen molar-refractivity contribution in [2.75, 3.05) is 0 Å². The van der Waals surface area contributed by atoms with Crippen LogP contribution in [0, 0.1) is 23.7 Å². The van der Waals surface area contributed by atoms with Gasteiger partial charge in [-0.1, -0.05) is 115 Å². The number of fused-ring (bicyclic) bond motifs is 2. The molecule has 0 saturated heterocycles. The minimum atomic E-state index is 0.0239. The fraction of sp³-hybridized carbons (Fsp3) is 0.233. The van der Waals surface area contributed by atoms with E-state index in [-0.39, 0.29) is 5.41 Å². The summed E-state index contributed by atoms with van der Waals surface area (Å²) in [6.07, 6.45) is 6.78. The van der Waals surface area contributed by atoms with Gasteiger partial charge in [-0.15, -0.1) is 0 Å². The quantitative estimate of drug-likeness (QED) is 0.200. The zero-order chi connectivity index (χ0) is 31.0. The van der Waals surface area contributed by atoms with E-state index in [4.69, 9.17) is 19.7 Å². The summed E-state index contributed by atoms with van der Waals surface area (Å²) in [7, 11) is 0. The normalized spacial score (nSPS) is 24.9. The van der Waals surface area contributed by atoms with Crippen molar-refractivity contribution in [3.63, 3.8) is 0 Å². The van der Waals surface area contributed by atoms with Crippen molar-refractivity contribution in [1.29, 1.82) is 0 Å². The largest absolute Gasteiger partial charge is 0.457 e. The van der Waals surface area contributed by atoms with Crippen LogP contribution in [-0.4, -0.2) is 15.0 Å². The number of hydrogen-bond acceptors (Lipinski definition) is 4. The highest BCUT2D eigenvalue weighted by Gasteiger charge is 2.61. The molecule has 5 aromatic carbocycles. The lowest BCUT2D eigenvalue weighted by molar-refractivity contribution is -0.0452. The molecule has 0 atom stereocenters. The number of hydrogen-bond donors (Lipinski definition) is 0. The van der Waals surface area contributed by atoms with Crippen LogP contribution in [0.15, 0.2) is 127 Å². The van der Waals surface area contributed by atoms with E-state index in [2.05, 4.69) is 103 Å². The Labute approximate surface area is 275 Å². The molecule has 0 radical (unpaired) electrons. The van der Waals surface area contributed by atoms with Gasteiger partial charge in [0.05, 0.1) is 0 Å². The van der Waals surface area contributed by atoms with Crippen LogP contribution in [0.1, 0.15) is 43.2 Å². The molecule has 11 rings (SSSR count). The Morgan fingerprint density at radius 2 is 0.894 bits per heavy atom. The highest BCUT2D eigenvalue weighted by Crippen LogP contribution is 2.68. The average molecular weight is 610 g/mol. The molecule has 4 nitrogen and oxygen atoms in total. The topological polar surface area (TPSA) is 47.9 Å². The van der Waals surface area contributed by atoms with Gasteiger partial charge >= 0.3 is 0 Å². The van der Waals surface area contributed by atoms with Crippen LogP contribution in [0.2, 0.25) is 0 Å². The van der Waals surface area contributed by atoms with Gasteiger partial charge in [0.1, 0.15) is 11.5 Å². The Kier molecular flexibility index (Phi) is 6.03. The Balaban J connectivity index is 1.10. The summed E-state index contributed by atoms with van der Waals surface area (Å²) in [5.41, 5.74) is 8.02. The van der Waals surface area contributed by atoms with Crippen molar-refractivity contribution in [1.82, 2.24) is 15.0 Å². The fourth-order valence-corrected chi connectivity index (χ4v) is 9.85. The fourth-order valence-electron chi connectivity index (χ4n) is 9.85. The summed E-state index contributed by atoms with van der Waals surface area (Å²) in [6.45, 7) is 0. The van der Waals surface area contributed by atoms with E-state index >= 15 is 0 Å². The van der Waals surface area contributed by atoms with Crippen molar-refractivity contribution < 1.29 is 4.74 Å². The first-order valence-electron chi connectivity index (χ1n) is 17.1. The molecule has 1 aliphatic heterocycles. The molecular formula is C43H35N3O. The maximum atomic E-state index is 6.78. The van der Waals surface area contributed by atoms with Crippen molar-refractivity contribution in [3.05, 3.63) is 139 Å². The van der Waals surface area contributed by atoms with Gasteiger partial charge in [0, 0.05) is 33.2 Å². The molecule has 0 unspecified atom stereocenters. The van der Waals surface area contributed by atoms with Crippen LogP contribution in [0.25, 0.3) is 45.3 Å². The number of rotatable bonds is 4. The standard InChI is InChI=1S/C43H35N3O/c1-3-9-29(10-4-1)30-15-17-32(18-16-30)41-44-40(31-11-5-2-6-12-31)45-42(46-41)33-19-20-37-39(26-33)47-38-14-8-7-13-36(38)43(37)34-22-27-21-28(24-34)25-35(43)23-27/h1-20,26-28,34-35H,21-25H2. The van der Waals surface area contributed by atoms with Gasteiger partial charge in [-0.25, -0.2) is 15.0 Å². The molecule has 0 amide bonds. The minimum Gasteiger partial charge on any atom is -0.457 e. The molecule has 2 heterocycles. The second-order valence-corrected chi connectivity index (χ2v) is 14.1. The molecular weight excluding hydrogens is 574 g/mol. The number of ether oxygens (including phenoxy) is 1. The predicted octanol–water partition coefficient (Wildman–Crippen LogP) is 10.4. The van der Waals surface area contributed by atoms with E-state index in [1.54, 1.807) is 0 Å². The molecule has 6 aromatic rings. The SMILES string of the molecule is c1ccc(-c2ccc(-c3nc(-c4ccccc4)nc(-c4ccc5c(c4)Oc4ccccc4C54C5CC6CC(C5)CC4C6)n3)cc2)cc1. The summed E-state index contributed by atoms with van der Waals surface area (Å²) in [5, 5.41) is 0. The number of nitrogens with zero attached hydrogens (tertiary/aromatic N) is 3. The maximum absolute atomic E-state index is 6.78. The zero-order valence-corrected chi connectivity index (χ0v) is 26.2. The van der Waals surface area contributed by atoms with E-state index < -0.39 is 0 Å². The third kappa shape index (κ3) is 4.24. The molecule has 5 aliphatic rings. The third-order valence-electron chi connectivity index (χ3n) is 11.6. The molecule has 4 fully saturated rings. The lowest BCUT2D eigenvalue weighted by atomic mass is 9.42. The molecule has 4 saturated carbocycles. The van der Waals surface area contributed by atoms with E-state index in [0.717, 1.165) is 45.6 Å². The first kappa shape index (κ1) is 27.1. The predicted molar refractivity (Wildman–Crippen MR) is 186 cm³/mol. The van der Waals surface area contributed by atoms with E-state index in [1.165, 1.54) is 48.8 Å². The first-order valence-corrected chi connectivity index (χ1v) is 17.1. The van der Waals surface area contributed by atoms with Crippen molar-refractivity contribution in [3.8, 4) is 56.8 Å². The van der Waals surface area contributed by atoms with Gasteiger partial charge in [-0.2, -0.15) is 0 Å². The summed E-state index contributed by atoms with van der Waals surface area (Å²) < 4.78 is 6.78. The van der Waals surface area contributed by atoms with Crippen LogP contribution in [-0.2, 0) is 5.41 Å². The third-order valence-corrected chi connectivity index (χ3v) is 11.6.